The summed E-state index contributed by atoms with van der Waals surface area (Å²) >= 11 is 2.94. The van der Waals surface area contributed by atoms with Crippen LogP contribution in [-0.2, 0) is 4.79 Å². The maximum absolute atomic E-state index is 10.4. The first kappa shape index (κ1) is 27.8. The van der Waals surface area contributed by atoms with Gasteiger partial charge in [-0.05, 0) is 70.8 Å². The van der Waals surface area contributed by atoms with E-state index in [1.807, 2.05) is 31.1 Å². The lowest BCUT2D eigenvalue weighted by atomic mass is 9.94. The molecule has 1 aliphatic carbocycles. The molecule has 196 valence electrons. The van der Waals surface area contributed by atoms with Crippen molar-refractivity contribution < 1.29 is 4.79 Å². The second-order valence-electron chi connectivity index (χ2n) is 8.93. The zero-order valence-corrected chi connectivity index (χ0v) is 23.7. The normalized spacial score (nSPS) is 13.9. The van der Waals surface area contributed by atoms with Crippen molar-refractivity contribution in [2.45, 2.75) is 19.9 Å². The van der Waals surface area contributed by atoms with Crippen molar-refractivity contribution >= 4 is 45.2 Å². The molecule has 2 aromatic heterocycles. The molecule has 0 saturated heterocycles. The zero-order chi connectivity index (χ0) is 27.8. The van der Waals surface area contributed by atoms with Crippen molar-refractivity contribution in [3.05, 3.63) is 114 Å². The molecule has 3 aromatic carbocycles. The molecule has 1 atom stereocenters. The van der Waals surface area contributed by atoms with Crippen molar-refractivity contribution in [3.63, 3.8) is 0 Å². The van der Waals surface area contributed by atoms with E-state index in [0.717, 1.165) is 28.3 Å². The largest absolute Gasteiger partial charge is 0.330 e. The minimum atomic E-state index is -0.0513. The average molecular weight is 581 g/mol. The molecule has 0 saturated carbocycles. The fourth-order valence-electron chi connectivity index (χ4n) is 4.43. The van der Waals surface area contributed by atoms with Crippen molar-refractivity contribution in [3.8, 4) is 22.3 Å². The topological polar surface area (TPSA) is 97.0 Å². The van der Waals surface area contributed by atoms with Crippen LogP contribution >= 0.6 is 15.9 Å². The third-order valence-corrected chi connectivity index (χ3v) is 6.58. The minimum absolute atomic E-state index is 0.0513. The van der Waals surface area contributed by atoms with Gasteiger partial charge in [-0.3, -0.25) is 9.78 Å². The number of aromatic amines is 1. The molecule has 0 amide bonds. The lowest BCUT2D eigenvalue weighted by molar-refractivity contribution is -0.104. The highest BCUT2D eigenvalue weighted by atomic mass is 79.9. The molecule has 39 heavy (non-hydrogen) atoms. The number of hydrogen-bond donors (Lipinski definition) is 2. The first-order valence-electron chi connectivity index (χ1n) is 12.4. The third-order valence-electron chi connectivity index (χ3n) is 6.58. The van der Waals surface area contributed by atoms with E-state index in [9.17, 15) is 4.79 Å². The number of hydrogen-bond acceptors (Lipinski definition) is 5. The Labute approximate surface area is 236 Å². The number of nitrogens with one attached hydrogen (secondary N) is 1. The molecule has 0 radical (unpaired) electrons. The van der Waals surface area contributed by atoms with Crippen LogP contribution in [0.1, 0.15) is 31.0 Å². The number of para-hydroxylation sites is 1. The number of carbonyl (C=O) groups is 1. The van der Waals surface area contributed by atoms with Crippen LogP contribution in [-0.4, -0.2) is 33.3 Å². The number of alkyl halides is 1. The van der Waals surface area contributed by atoms with Crippen molar-refractivity contribution in [2.24, 2.45) is 10.7 Å². The monoisotopic (exact) mass is 579 g/mol. The number of fused-ring (bicyclic) bond motifs is 4. The summed E-state index contributed by atoms with van der Waals surface area (Å²) in [5, 5.41) is 1.16. The van der Waals surface area contributed by atoms with Crippen LogP contribution in [0.15, 0.2) is 108 Å². The Bertz CT molecular complexity index is 1640. The first-order valence-corrected chi connectivity index (χ1v) is 14.0. The summed E-state index contributed by atoms with van der Waals surface area (Å²) in [6.07, 6.45) is 7.58. The number of imidazole rings is 1. The van der Waals surface area contributed by atoms with E-state index in [2.05, 4.69) is 96.5 Å². The number of aromatic nitrogens is 3. The summed E-state index contributed by atoms with van der Waals surface area (Å²) in [6.45, 7) is 3.59. The molecular formula is C32H30BrN5O. The molecule has 0 spiro atoms. The average Bonchev–Trinajstić information content (AvgIpc) is 3.63. The number of benzene rings is 3. The van der Waals surface area contributed by atoms with Gasteiger partial charge in [-0.25, -0.2) is 9.98 Å². The zero-order valence-electron chi connectivity index (χ0n) is 22.1. The Morgan fingerprint density at radius 3 is 2.41 bits per heavy atom. The highest BCUT2D eigenvalue weighted by Gasteiger charge is 2.27. The van der Waals surface area contributed by atoms with Gasteiger partial charge in [0.1, 0.15) is 12.1 Å². The van der Waals surface area contributed by atoms with Gasteiger partial charge in [0.2, 0.25) is 0 Å². The predicted octanol–water partition coefficient (Wildman–Crippen LogP) is 7.59. The number of nitrogens with zero attached hydrogens (tertiary/aromatic N) is 3. The van der Waals surface area contributed by atoms with Crippen LogP contribution < -0.4 is 5.73 Å². The number of nitrogens with two attached hydrogens (primary N) is 1. The van der Waals surface area contributed by atoms with E-state index in [1.54, 1.807) is 25.7 Å². The van der Waals surface area contributed by atoms with Gasteiger partial charge in [0.15, 0.2) is 0 Å². The maximum atomic E-state index is 10.4. The van der Waals surface area contributed by atoms with Crippen LogP contribution in [0.3, 0.4) is 0 Å². The Hall–Kier alpha value is -4.20. The summed E-state index contributed by atoms with van der Waals surface area (Å²) in [5.74, 6) is 2.49. The lowest BCUT2D eigenvalue weighted by Crippen LogP contribution is -2.07. The predicted molar refractivity (Wildman–Crippen MR) is 165 cm³/mol. The standard InChI is InChI=1S/C22H16N2.C9H11N3O.CH3Br/c23-22-18-8-3-2-7-17(18)21-16(9-5-10-19(21)22)15-12-14-6-1-4-11-20(14)24-13-15;1-7(8(2)5-13)3-11-9-4-10-6-12-9;1-2/h1-13,22H,23H2;3-6H,1-2H3,(H,10,12);1H3/b;8-7+,11-3-;. The molecule has 0 aliphatic heterocycles. The van der Waals surface area contributed by atoms with Gasteiger partial charge in [0.25, 0.3) is 0 Å². The van der Waals surface area contributed by atoms with Crippen molar-refractivity contribution in [2.75, 3.05) is 5.83 Å². The Balaban J connectivity index is 0.000000201. The van der Waals surface area contributed by atoms with Crippen molar-refractivity contribution in [1.82, 2.24) is 15.0 Å². The fraction of sp³-hybridized carbons (Fsp3) is 0.125. The molecule has 0 fully saturated rings. The molecule has 5 aromatic rings. The Kier molecular flexibility index (Phi) is 9.31. The molecule has 3 N–H and O–H groups in total. The summed E-state index contributed by atoms with van der Waals surface area (Å²) in [4.78, 5) is 25.7. The quantitative estimate of drug-likeness (QED) is 0.0991. The Morgan fingerprint density at radius 2 is 1.64 bits per heavy atom. The van der Waals surface area contributed by atoms with E-state index >= 15 is 0 Å². The number of rotatable bonds is 4. The van der Waals surface area contributed by atoms with E-state index in [1.165, 1.54) is 27.8 Å². The SMILES string of the molecule is C/C(C=O)=C(C)\C=N/c1cnc[nH]1.CBr.NC1c2ccccc2-c2c(-c3cnc4ccccc4c3)cccc21. The van der Waals surface area contributed by atoms with Gasteiger partial charge in [-0.1, -0.05) is 76.6 Å². The van der Waals surface area contributed by atoms with Gasteiger partial charge >= 0.3 is 0 Å². The molecule has 1 aliphatic rings. The highest BCUT2D eigenvalue weighted by molar-refractivity contribution is 9.08. The number of pyridine rings is 1. The number of aldehydes is 1. The maximum Gasteiger partial charge on any atom is 0.149 e. The number of H-pyrrole nitrogens is 1. The molecule has 7 heteroatoms. The van der Waals surface area contributed by atoms with Crippen LogP contribution in [0.25, 0.3) is 33.2 Å². The molecule has 1 unspecified atom stereocenters. The van der Waals surface area contributed by atoms with Gasteiger partial charge < -0.3 is 10.7 Å². The van der Waals surface area contributed by atoms with Crippen LogP contribution in [0.4, 0.5) is 5.82 Å². The molecule has 6 nitrogen and oxygen atoms in total. The number of aliphatic imine (C=N–C) groups is 1. The highest BCUT2D eigenvalue weighted by Crippen LogP contribution is 2.46. The first-order chi connectivity index (χ1) is 19.1. The second kappa shape index (κ2) is 13.0. The van der Waals surface area contributed by atoms with Crippen LogP contribution in [0.5, 0.6) is 0 Å². The van der Waals surface area contributed by atoms with E-state index < -0.39 is 0 Å². The lowest BCUT2D eigenvalue weighted by Gasteiger charge is -2.11. The molecule has 0 bridgehead atoms. The number of carbonyl (C=O) groups excluding carboxylic acids is 1. The summed E-state index contributed by atoms with van der Waals surface area (Å²) < 4.78 is 0. The summed E-state index contributed by atoms with van der Waals surface area (Å²) in [5.41, 5.74) is 16.3. The summed E-state index contributed by atoms with van der Waals surface area (Å²) in [7, 11) is 0. The van der Waals surface area contributed by atoms with Gasteiger partial charge in [-0.15, -0.1) is 0 Å². The van der Waals surface area contributed by atoms with E-state index in [0.29, 0.717) is 11.4 Å². The minimum Gasteiger partial charge on any atom is -0.330 e. The molecule has 6 rings (SSSR count). The molecule has 2 heterocycles. The summed E-state index contributed by atoms with van der Waals surface area (Å²) in [6, 6.07) is 25.2. The Morgan fingerprint density at radius 1 is 0.923 bits per heavy atom. The fourth-order valence-corrected chi connectivity index (χ4v) is 4.43. The van der Waals surface area contributed by atoms with E-state index in [4.69, 9.17) is 5.73 Å². The van der Waals surface area contributed by atoms with Gasteiger partial charge in [0.05, 0.1) is 24.1 Å². The van der Waals surface area contributed by atoms with Crippen LogP contribution in [0.2, 0.25) is 0 Å². The van der Waals surface area contributed by atoms with E-state index in [-0.39, 0.29) is 6.04 Å². The third kappa shape index (κ3) is 6.11. The molecular weight excluding hydrogens is 550 g/mol. The second-order valence-corrected chi connectivity index (χ2v) is 8.93. The smallest absolute Gasteiger partial charge is 0.149 e. The van der Waals surface area contributed by atoms with Crippen LogP contribution in [0, 0.1) is 0 Å². The van der Waals surface area contributed by atoms with Crippen molar-refractivity contribution in [1.29, 1.82) is 0 Å². The number of allylic oxidation sites excluding steroid dienone is 2. The van der Waals surface area contributed by atoms with Gasteiger partial charge in [-0.2, -0.15) is 0 Å². The van der Waals surface area contributed by atoms with Gasteiger partial charge in [0, 0.05) is 23.4 Å². The number of halogens is 1.